The number of likely N-dealkylation sites (N-methyl/N-ethyl adjacent to an activating group) is 1. The number of rotatable bonds is 5. The number of hydrogen-bond acceptors (Lipinski definition) is 2. The van der Waals surface area contributed by atoms with E-state index in [-0.39, 0.29) is 5.82 Å². The van der Waals surface area contributed by atoms with Gasteiger partial charge in [0.05, 0.1) is 5.60 Å². The molecule has 0 amide bonds. The molecule has 96 valence electrons. The van der Waals surface area contributed by atoms with E-state index in [0.717, 1.165) is 12.1 Å². The molecule has 0 bridgehead atoms. The Balaban J connectivity index is 2.77. The van der Waals surface area contributed by atoms with Crippen LogP contribution in [0.1, 0.15) is 26.3 Å². The van der Waals surface area contributed by atoms with Crippen LogP contribution in [0.4, 0.5) is 4.39 Å². The highest BCUT2D eigenvalue weighted by Gasteiger charge is 2.18. The van der Waals surface area contributed by atoms with Crippen molar-refractivity contribution in [3.63, 3.8) is 0 Å². The topological polar surface area (TPSA) is 23.5 Å². The average molecular weight is 260 g/mol. The van der Waals surface area contributed by atoms with Crippen LogP contribution >= 0.6 is 11.6 Å². The number of nitrogens with zero attached hydrogens (tertiary/aromatic N) is 1. The maximum atomic E-state index is 13.1. The molecule has 0 spiro atoms. The van der Waals surface area contributed by atoms with Crippen LogP contribution in [-0.2, 0) is 6.54 Å². The van der Waals surface area contributed by atoms with Gasteiger partial charge in [0.15, 0.2) is 0 Å². The summed E-state index contributed by atoms with van der Waals surface area (Å²) in [4.78, 5) is 2.03. The van der Waals surface area contributed by atoms with Gasteiger partial charge < -0.3 is 5.11 Å². The van der Waals surface area contributed by atoms with E-state index in [1.54, 1.807) is 19.9 Å². The molecule has 0 heterocycles. The smallest absolute Gasteiger partial charge is 0.123 e. The second-order valence-corrected chi connectivity index (χ2v) is 5.26. The van der Waals surface area contributed by atoms with Crippen LogP contribution < -0.4 is 0 Å². The van der Waals surface area contributed by atoms with Crippen molar-refractivity contribution in [2.75, 3.05) is 13.1 Å². The van der Waals surface area contributed by atoms with Crippen LogP contribution in [0, 0.1) is 5.82 Å². The van der Waals surface area contributed by atoms with Gasteiger partial charge in [-0.05, 0) is 44.2 Å². The Morgan fingerprint density at radius 3 is 2.59 bits per heavy atom. The van der Waals surface area contributed by atoms with E-state index in [1.807, 2.05) is 11.8 Å². The van der Waals surface area contributed by atoms with Gasteiger partial charge in [0.25, 0.3) is 0 Å². The van der Waals surface area contributed by atoms with Gasteiger partial charge in [0.2, 0.25) is 0 Å². The lowest BCUT2D eigenvalue weighted by atomic mass is 10.1. The van der Waals surface area contributed by atoms with Crippen molar-refractivity contribution >= 4 is 11.6 Å². The molecule has 0 aliphatic carbocycles. The molecule has 0 fully saturated rings. The van der Waals surface area contributed by atoms with Gasteiger partial charge in [0, 0.05) is 18.1 Å². The minimum Gasteiger partial charge on any atom is -0.389 e. The molecule has 0 aliphatic rings. The highest BCUT2D eigenvalue weighted by Crippen LogP contribution is 2.19. The van der Waals surface area contributed by atoms with Crippen LogP contribution in [-0.4, -0.2) is 28.7 Å². The molecular formula is C13H19ClFNO. The number of hydrogen-bond donors (Lipinski definition) is 1. The summed E-state index contributed by atoms with van der Waals surface area (Å²) in [5, 5.41) is 10.3. The zero-order valence-electron chi connectivity index (χ0n) is 10.5. The van der Waals surface area contributed by atoms with Crippen molar-refractivity contribution in [1.82, 2.24) is 4.90 Å². The first kappa shape index (κ1) is 14.4. The summed E-state index contributed by atoms with van der Waals surface area (Å²) in [5.74, 6) is -0.288. The summed E-state index contributed by atoms with van der Waals surface area (Å²) < 4.78 is 13.1. The van der Waals surface area contributed by atoms with Gasteiger partial charge in [-0.1, -0.05) is 18.5 Å². The molecule has 1 aromatic carbocycles. The lowest BCUT2D eigenvalue weighted by Gasteiger charge is -2.28. The monoisotopic (exact) mass is 259 g/mol. The number of halogens is 2. The van der Waals surface area contributed by atoms with Crippen molar-refractivity contribution < 1.29 is 9.50 Å². The predicted octanol–water partition coefficient (Wildman–Crippen LogP) is 3.07. The fourth-order valence-electron chi connectivity index (χ4n) is 1.73. The Labute approximate surface area is 107 Å². The van der Waals surface area contributed by atoms with Crippen molar-refractivity contribution in [2.45, 2.75) is 32.9 Å². The Morgan fingerprint density at radius 2 is 2.06 bits per heavy atom. The fraction of sp³-hybridized carbons (Fsp3) is 0.538. The Kier molecular flexibility index (Phi) is 4.92. The second-order valence-electron chi connectivity index (χ2n) is 4.85. The quantitative estimate of drug-likeness (QED) is 0.879. The summed E-state index contributed by atoms with van der Waals surface area (Å²) >= 11 is 6.01. The zero-order chi connectivity index (χ0) is 13.1. The van der Waals surface area contributed by atoms with Crippen molar-refractivity contribution in [3.05, 3.63) is 34.6 Å². The summed E-state index contributed by atoms with van der Waals surface area (Å²) in [6, 6.07) is 4.34. The summed E-state index contributed by atoms with van der Waals surface area (Å²) in [6.45, 7) is 7.34. The lowest BCUT2D eigenvalue weighted by molar-refractivity contribution is 0.0353. The van der Waals surface area contributed by atoms with E-state index in [1.165, 1.54) is 12.1 Å². The van der Waals surface area contributed by atoms with Crippen LogP contribution in [0.2, 0.25) is 5.02 Å². The molecule has 0 atom stereocenters. The number of aliphatic hydroxyl groups is 1. The van der Waals surface area contributed by atoms with Gasteiger partial charge >= 0.3 is 0 Å². The molecule has 0 radical (unpaired) electrons. The molecule has 0 aromatic heterocycles. The largest absolute Gasteiger partial charge is 0.389 e. The molecule has 1 aromatic rings. The molecule has 2 nitrogen and oxygen atoms in total. The molecule has 1 rings (SSSR count). The molecular weight excluding hydrogens is 241 g/mol. The standard InChI is InChI=1S/C13H19ClFNO/c1-4-16(9-13(2,3)17)8-10-7-11(15)5-6-12(10)14/h5-7,17H,4,8-9H2,1-3H3. The molecule has 0 unspecified atom stereocenters. The van der Waals surface area contributed by atoms with Gasteiger partial charge in [-0.2, -0.15) is 0 Å². The molecule has 0 aliphatic heterocycles. The fourth-order valence-corrected chi connectivity index (χ4v) is 1.91. The molecule has 1 N–H and O–H groups in total. The second kappa shape index (κ2) is 5.80. The van der Waals surface area contributed by atoms with E-state index in [4.69, 9.17) is 11.6 Å². The highest BCUT2D eigenvalue weighted by atomic mass is 35.5. The van der Waals surface area contributed by atoms with Crippen molar-refractivity contribution in [1.29, 1.82) is 0 Å². The van der Waals surface area contributed by atoms with Crippen LogP contribution in [0.25, 0.3) is 0 Å². The SMILES string of the molecule is CCN(Cc1cc(F)ccc1Cl)CC(C)(C)O. The maximum Gasteiger partial charge on any atom is 0.123 e. The zero-order valence-corrected chi connectivity index (χ0v) is 11.3. The molecule has 0 saturated carbocycles. The molecule has 4 heteroatoms. The van der Waals surface area contributed by atoms with Gasteiger partial charge in [0.1, 0.15) is 5.82 Å². The third-order valence-electron chi connectivity index (χ3n) is 2.46. The Hall–Kier alpha value is -0.640. The van der Waals surface area contributed by atoms with Crippen molar-refractivity contribution in [3.8, 4) is 0 Å². The first-order chi connectivity index (χ1) is 7.81. The van der Waals surface area contributed by atoms with Crippen molar-refractivity contribution in [2.24, 2.45) is 0 Å². The summed E-state index contributed by atoms with van der Waals surface area (Å²) in [6.07, 6.45) is 0. The first-order valence-corrected chi connectivity index (χ1v) is 6.08. The van der Waals surface area contributed by atoms with E-state index < -0.39 is 5.60 Å². The molecule has 17 heavy (non-hydrogen) atoms. The minimum atomic E-state index is -0.768. The summed E-state index contributed by atoms with van der Waals surface area (Å²) in [7, 11) is 0. The lowest BCUT2D eigenvalue weighted by Crippen LogP contribution is -2.38. The van der Waals surface area contributed by atoms with E-state index in [9.17, 15) is 9.50 Å². The van der Waals surface area contributed by atoms with Crippen LogP contribution in [0.5, 0.6) is 0 Å². The third kappa shape index (κ3) is 5.02. The number of benzene rings is 1. The predicted molar refractivity (Wildman–Crippen MR) is 68.7 cm³/mol. The minimum absolute atomic E-state index is 0.288. The van der Waals surface area contributed by atoms with Gasteiger partial charge in [-0.15, -0.1) is 0 Å². The average Bonchev–Trinajstić information content (AvgIpc) is 2.20. The molecule has 0 saturated heterocycles. The van der Waals surface area contributed by atoms with Crippen LogP contribution in [0.15, 0.2) is 18.2 Å². The highest BCUT2D eigenvalue weighted by molar-refractivity contribution is 6.31. The van der Waals surface area contributed by atoms with E-state index in [2.05, 4.69) is 0 Å². The van der Waals surface area contributed by atoms with Crippen LogP contribution in [0.3, 0.4) is 0 Å². The van der Waals surface area contributed by atoms with Gasteiger partial charge in [-0.25, -0.2) is 4.39 Å². The Morgan fingerprint density at radius 1 is 1.41 bits per heavy atom. The van der Waals surface area contributed by atoms with E-state index in [0.29, 0.717) is 18.1 Å². The Bertz CT molecular complexity index is 376. The maximum absolute atomic E-state index is 13.1. The first-order valence-electron chi connectivity index (χ1n) is 5.70. The van der Waals surface area contributed by atoms with Gasteiger partial charge in [-0.3, -0.25) is 4.90 Å². The summed E-state index contributed by atoms with van der Waals surface area (Å²) in [5.41, 5.74) is -0.0201. The van der Waals surface area contributed by atoms with E-state index >= 15 is 0 Å². The third-order valence-corrected chi connectivity index (χ3v) is 2.83. The normalized spacial score (nSPS) is 12.2.